The quantitative estimate of drug-likeness (QED) is 0.887. The van der Waals surface area contributed by atoms with Crippen LogP contribution in [0.15, 0.2) is 30.7 Å². The highest BCUT2D eigenvalue weighted by Gasteiger charge is 2.32. The van der Waals surface area contributed by atoms with Crippen LogP contribution in [0.25, 0.3) is 0 Å². The van der Waals surface area contributed by atoms with Gasteiger partial charge in [-0.05, 0) is 31.4 Å². The van der Waals surface area contributed by atoms with Crippen molar-refractivity contribution in [1.29, 1.82) is 0 Å². The van der Waals surface area contributed by atoms with E-state index in [1.54, 1.807) is 35.6 Å². The van der Waals surface area contributed by atoms with Crippen molar-refractivity contribution >= 4 is 11.8 Å². The molecule has 2 aromatic rings. The highest BCUT2D eigenvalue weighted by Crippen LogP contribution is 2.40. The standard InChI is InChI=1S/C17H19N5O2/c23-16(14-9-19-21-15(14)11-1-2-11)20-13-5-8-22(10-13)17(24)12-3-6-18-7-4-12/h3-4,6-7,9,11,13H,1-2,5,8,10H2,(H,19,21)(H,20,23). The Kier molecular flexibility index (Phi) is 3.76. The molecule has 1 atom stereocenters. The normalized spacial score (nSPS) is 20.2. The number of nitrogens with one attached hydrogen (secondary N) is 2. The number of hydrogen-bond donors (Lipinski definition) is 2. The first-order valence-corrected chi connectivity index (χ1v) is 8.26. The van der Waals surface area contributed by atoms with Crippen LogP contribution in [0.2, 0.25) is 0 Å². The molecule has 1 aliphatic carbocycles. The van der Waals surface area contributed by atoms with Gasteiger partial charge in [-0.2, -0.15) is 5.10 Å². The summed E-state index contributed by atoms with van der Waals surface area (Å²) in [7, 11) is 0. The number of aromatic nitrogens is 3. The second kappa shape index (κ2) is 6.07. The molecule has 2 N–H and O–H groups in total. The maximum atomic E-state index is 12.5. The molecule has 4 rings (SSSR count). The van der Waals surface area contributed by atoms with Crippen LogP contribution in [-0.4, -0.2) is 51.0 Å². The Morgan fingerprint density at radius 3 is 2.75 bits per heavy atom. The van der Waals surface area contributed by atoms with Crippen molar-refractivity contribution in [2.24, 2.45) is 0 Å². The molecule has 0 aromatic carbocycles. The first-order valence-electron chi connectivity index (χ1n) is 8.26. The Morgan fingerprint density at radius 2 is 2.00 bits per heavy atom. The number of H-pyrrole nitrogens is 1. The van der Waals surface area contributed by atoms with Gasteiger partial charge in [0.15, 0.2) is 0 Å². The maximum Gasteiger partial charge on any atom is 0.255 e. The largest absolute Gasteiger partial charge is 0.347 e. The molecule has 3 heterocycles. The zero-order valence-corrected chi connectivity index (χ0v) is 13.2. The van der Waals surface area contributed by atoms with E-state index in [1.807, 2.05) is 0 Å². The number of pyridine rings is 1. The Morgan fingerprint density at radius 1 is 1.21 bits per heavy atom. The summed E-state index contributed by atoms with van der Waals surface area (Å²) in [5.41, 5.74) is 2.20. The summed E-state index contributed by atoms with van der Waals surface area (Å²) in [6, 6.07) is 3.40. The molecule has 0 bridgehead atoms. The summed E-state index contributed by atoms with van der Waals surface area (Å²) in [6.07, 6.45) is 7.80. The molecule has 0 radical (unpaired) electrons. The molecule has 0 spiro atoms. The number of carbonyl (C=O) groups is 2. The van der Waals surface area contributed by atoms with Crippen molar-refractivity contribution in [3.63, 3.8) is 0 Å². The van der Waals surface area contributed by atoms with Gasteiger partial charge in [0, 0.05) is 43.0 Å². The predicted molar refractivity (Wildman–Crippen MR) is 86.6 cm³/mol. The van der Waals surface area contributed by atoms with Gasteiger partial charge in [-0.1, -0.05) is 0 Å². The minimum atomic E-state index is -0.103. The van der Waals surface area contributed by atoms with Crippen LogP contribution in [0, 0.1) is 0 Å². The van der Waals surface area contributed by atoms with Crippen molar-refractivity contribution in [3.8, 4) is 0 Å². The third-order valence-corrected chi connectivity index (χ3v) is 4.64. The topological polar surface area (TPSA) is 91.0 Å². The highest BCUT2D eigenvalue weighted by molar-refractivity contribution is 5.96. The molecule has 1 aliphatic heterocycles. The molecule has 1 unspecified atom stereocenters. The molecule has 2 amide bonds. The zero-order chi connectivity index (χ0) is 16.5. The van der Waals surface area contributed by atoms with Gasteiger partial charge in [0.05, 0.1) is 17.5 Å². The Bertz CT molecular complexity index is 753. The van der Waals surface area contributed by atoms with Crippen LogP contribution in [0.3, 0.4) is 0 Å². The van der Waals surface area contributed by atoms with E-state index in [9.17, 15) is 9.59 Å². The first kappa shape index (κ1) is 14.9. The van der Waals surface area contributed by atoms with Crippen LogP contribution in [0.5, 0.6) is 0 Å². The lowest BCUT2D eigenvalue weighted by molar-refractivity contribution is 0.0783. The molecule has 24 heavy (non-hydrogen) atoms. The third-order valence-electron chi connectivity index (χ3n) is 4.64. The molecule has 7 nitrogen and oxygen atoms in total. The number of amides is 2. The number of carbonyl (C=O) groups excluding carboxylic acids is 2. The number of aromatic amines is 1. The molecule has 2 aliphatic rings. The minimum absolute atomic E-state index is 0.0175. The zero-order valence-electron chi connectivity index (χ0n) is 13.2. The van der Waals surface area contributed by atoms with Crippen molar-refractivity contribution in [2.75, 3.05) is 13.1 Å². The smallest absolute Gasteiger partial charge is 0.255 e. The number of likely N-dealkylation sites (tertiary alicyclic amines) is 1. The fraction of sp³-hybridized carbons (Fsp3) is 0.412. The maximum absolute atomic E-state index is 12.5. The lowest BCUT2D eigenvalue weighted by atomic mass is 10.1. The van der Waals surface area contributed by atoms with Crippen LogP contribution in [0.1, 0.15) is 51.6 Å². The molecule has 124 valence electrons. The lowest BCUT2D eigenvalue weighted by Crippen LogP contribution is -2.38. The fourth-order valence-corrected chi connectivity index (χ4v) is 3.16. The van der Waals surface area contributed by atoms with E-state index in [4.69, 9.17) is 0 Å². The second-order valence-corrected chi connectivity index (χ2v) is 6.42. The van der Waals surface area contributed by atoms with Crippen LogP contribution < -0.4 is 5.32 Å². The van der Waals surface area contributed by atoms with E-state index < -0.39 is 0 Å². The summed E-state index contributed by atoms with van der Waals surface area (Å²) in [4.78, 5) is 30.6. The molecule has 2 fully saturated rings. The van der Waals surface area contributed by atoms with Gasteiger partial charge in [0.2, 0.25) is 0 Å². The van der Waals surface area contributed by atoms with Crippen LogP contribution >= 0.6 is 0 Å². The third kappa shape index (κ3) is 2.89. The number of hydrogen-bond acceptors (Lipinski definition) is 4. The molecule has 1 saturated heterocycles. The summed E-state index contributed by atoms with van der Waals surface area (Å²) < 4.78 is 0. The first-order chi connectivity index (χ1) is 11.7. The summed E-state index contributed by atoms with van der Waals surface area (Å²) in [6.45, 7) is 1.18. The summed E-state index contributed by atoms with van der Waals surface area (Å²) in [5, 5.41) is 9.98. The van der Waals surface area contributed by atoms with Crippen molar-refractivity contribution < 1.29 is 9.59 Å². The van der Waals surface area contributed by atoms with E-state index in [2.05, 4.69) is 20.5 Å². The highest BCUT2D eigenvalue weighted by atomic mass is 16.2. The van der Waals surface area contributed by atoms with Gasteiger partial charge < -0.3 is 10.2 Å². The molecule has 2 aromatic heterocycles. The number of rotatable bonds is 4. The van der Waals surface area contributed by atoms with Gasteiger partial charge in [-0.15, -0.1) is 0 Å². The minimum Gasteiger partial charge on any atom is -0.347 e. The summed E-state index contributed by atoms with van der Waals surface area (Å²) in [5.74, 6) is 0.326. The van der Waals surface area contributed by atoms with E-state index in [1.165, 1.54) is 0 Å². The van der Waals surface area contributed by atoms with Gasteiger partial charge in [-0.3, -0.25) is 19.7 Å². The average molecular weight is 325 g/mol. The molecule has 1 saturated carbocycles. The SMILES string of the molecule is O=C(NC1CCN(C(=O)c2ccncc2)C1)c1cn[nH]c1C1CC1. The average Bonchev–Trinajstić information content (AvgIpc) is 3.15. The van der Waals surface area contributed by atoms with Crippen molar-refractivity contribution in [2.45, 2.75) is 31.2 Å². The molecule has 7 heteroatoms. The van der Waals surface area contributed by atoms with Gasteiger partial charge >= 0.3 is 0 Å². The van der Waals surface area contributed by atoms with Gasteiger partial charge in [-0.25, -0.2) is 0 Å². The second-order valence-electron chi connectivity index (χ2n) is 6.42. The Balaban J connectivity index is 1.38. The molecular weight excluding hydrogens is 306 g/mol. The fourth-order valence-electron chi connectivity index (χ4n) is 3.16. The van der Waals surface area contributed by atoms with Gasteiger partial charge in [0.25, 0.3) is 11.8 Å². The van der Waals surface area contributed by atoms with E-state index in [0.717, 1.165) is 25.0 Å². The van der Waals surface area contributed by atoms with Crippen molar-refractivity contribution in [1.82, 2.24) is 25.4 Å². The monoisotopic (exact) mass is 325 g/mol. The Hall–Kier alpha value is -2.70. The summed E-state index contributed by atoms with van der Waals surface area (Å²) >= 11 is 0. The van der Waals surface area contributed by atoms with E-state index >= 15 is 0 Å². The van der Waals surface area contributed by atoms with Crippen LogP contribution in [-0.2, 0) is 0 Å². The van der Waals surface area contributed by atoms with E-state index in [0.29, 0.717) is 30.1 Å². The molecular formula is C17H19N5O2. The van der Waals surface area contributed by atoms with Crippen molar-refractivity contribution in [3.05, 3.63) is 47.5 Å². The Labute approximate surface area is 139 Å². The van der Waals surface area contributed by atoms with Gasteiger partial charge in [0.1, 0.15) is 0 Å². The lowest BCUT2D eigenvalue weighted by Gasteiger charge is -2.17. The van der Waals surface area contributed by atoms with Crippen LogP contribution in [0.4, 0.5) is 0 Å². The predicted octanol–water partition coefficient (Wildman–Crippen LogP) is 1.33. The number of nitrogens with zero attached hydrogens (tertiary/aromatic N) is 3. The van der Waals surface area contributed by atoms with E-state index in [-0.39, 0.29) is 17.9 Å².